The van der Waals surface area contributed by atoms with E-state index in [1.807, 2.05) is 0 Å². The molecule has 0 heterocycles. The minimum absolute atomic E-state index is 0.105. The molecule has 0 aliphatic heterocycles. The van der Waals surface area contributed by atoms with Gasteiger partial charge in [-0.3, -0.25) is 25.8 Å². The molecule has 0 aromatic heterocycles. The third kappa shape index (κ3) is 5.29. The number of benzene rings is 2. The molecule has 2 amide bonds. The first kappa shape index (κ1) is 17.8. The van der Waals surface area contributed by atoms with Gasteiger partial charge >= 0.3 is 0 Å². The van der Waals surface area contributed by atoms with Crippen molar-refractivity contribution in [2.45, 2.75) is 6.42 Å². The number of hydrogen-bond donors (Lipinski definition) is 3. The van der Waals surface area contributed by atoms with E-state index in [0.717, 1.165) is 5.56 Å². The molecule has 0 unspecified atom stereocenters. The summed E-state index contributed by atoms with van der Waals surface area (Å²) in [5, 5.41) is 2.71. The topological polar surface area (TPSA) is 70.2 Å². The SMILES string of the molecule is O=C(Cc1ccc(Cl)cc1)NNC(=S)NC(=O)c1ccccc1F. The minimum Gasteiger partial charge on any atom is -0.298 e. The zero-order chi connectivity index (χ0) is 17.5. The Labute approximate surface area is 148 Å². The highest BCUT2D eigenvalue weighted by molar-refractivity contribution is 7.80. The van der Waals surface area contributed by atoms with Crippen LogP contribution in [0.3, 0.4) is 0 Å². The maximum Gasteiger partial charge on any atom is 0.260 e. The van der Waals surface area contributed by atoms with Gasteiger partial charge in [0, 0.05) is 5.02 Å². The van der Waals surface area contributed by atoms with Crippen LogP contribution in [0.1, 0.15) is 15.9 Å². The monoisotopic (exact) mass is 365 g/mol. The third-order valence-corrected chi connectivity index (χ3v) is 3.40. The molecular weight excluding hydrogens is 353 g/mol. The Hall–Kier alpha value is -2.51. The number of halogens is 2. The van der Waals surface area contributed by atoms with Crippen LogP contribution < -0.4 is 16.2 Å². The Morgan fingerprint density at radius 2 is 1.71 bits per heavy atom. The lowest BCUT2D eigenvalue weighted by Crippen LogP contribution is -2.49. The summed E-state index contributed by atoms with van der Waals surface area (Å²) in [5.74, 6) is -1.73. The lowest BCUT2D eigenvalue weighted by atomic mass is 10.1. The van der Waals surface area contributed by atoms with Gasteiger partial charge < -0.3 is 0 Å². The average molecular weight is 366 g/mol. The van der Waals surface area contributed by atoms with Crippen LogP contribution in [0.5, 0.6) is 0 Å². The second-order valence-corrected chi connectivity index (χ2v) is 5.58. The van der Waals surface area contributed by atoms with E-state index in [9.17, 15) is 14.0 Å². The number of amides is 2. The summed E-state index contributed by atoms with van der Waals surface area (Å²) in [6.45, 7) is 0. The van der Waals surface area contributed by atoms with Gasteiger partial charge in [-0.2, -0.15) is 0 Å². The fourth-order valence-electron chi connectivity index (χ4n) is 1.81. The molecule has 0 fully saturated rings. The molecule has 124 valence electrons. The van der Waals surface area contributed by atoms with Gasteiger partial charge in [0.15, 0.2) is 5.11 Å². The number of nitrogens with one attached hydrogen (secondary N) is 3. The van der Waals surface area contributed by atoms with Gasteiger partial charge in [-0.05, 0) is 42.0 Å². The molecule has 0 saturated heterocycles. The van der Waals surface area contributed by atoms with Crippen molar-refractivity contribution in [2.75, 3.05) is 0 Å². The third-order valence-electron chi connectivity index (χ3n) is 2.94. The Balaban J connectivity index is 1.80. The number of rotatable bonds is 3. The van der Waals surface area contributed by atoms with Crippen molar-refractivity contribution < 1.29 is 14.0 Å². The van der Waals surface area contributed by atoms with Gasteiger partial charge in [-0.25, -0.2) is 4.39 Å². The highest BCUT2D eigenvalue weighted by Crippen LogP contribution is 2.09. The molecule has 8 heteroatoms. The molecule has 2 aromatic rings. The number of carbonyl (C=O) groups is 2. The van der Waals surface area contributed by atoms with Crippen molar-refractivity contribution in [1.82, 2.24) is 16.2 Å². The van der Waals surface area contributed by atoms with Crippen molar-refractivity contribution in [2.24, 2.45) is 0 Å². The number of carbonyl (C=O) groups excluding carboxylic acids is 2. The number of thiocarbonyl (C=S) groups is 1. The molecular formula is C16H13ClFN3O2S. The van der Waals surface area contributed by atoms with Gasteiger partial charge in [0.2, 0.25) is 5.91 Å². The number of hydrogen-bond acceptors (Lipinski definition) is 3. The molecule has 24 heavy (non-hydrogen) atoms. The quantitative estimate of drug-likeness (QED) is 0.577. The van der Waals surface area contributed by atoms with Crippen molar-refractivity contribution in [3.05, 3.63) is 70.5 Å². The first-order valence-electron chi connectivity index (χ1n) is 6.85. The average Bonchev–Trinajstić information content (AvgIpc) is 2.55. The van der Waals surface area contributed by atoms with E-state index in [2.05, 4.69) is 16.2 Å². The normalized spacial score (nSPS) is 9.92. The molecule has 3 N–H and O–H groups in total. The molecule has 0 atom stereocenters. The predicted molar refractivity (Wildman–Crippen MR) is 92.9 cm³/mol. The van der Waals surface area contributed by atoms with Gasteiger partial charge in [0.05, 0.1) is 12.0 Å². The summed E-state index contributed by atoms with van der Waals surface area (Å²) in [7, 11) is 0. The summed E-state index contributed by atoms with van der Waals surface area (Å²) in [6, 6.07) is 12.3. The zero-order valence-corrected chi connectivity index (χ0v) is 13.9. The molecule has 2 rings (SSSR count). The molecule has 0 saturated carbocycles. The van der Waals surface area contributed by atoms with E-state index in [4.69, 9.17) is 23.8 Å². The van der Waals surface area contributed by atoms with Crippen LogP contribution in [-0.2, 0) is 11.2 Å². The van der Waals surface area contributed by atoms with Crippen LogP contribution in [-0.4, -0.2) is 16.9 Å². The van der Waals surface area contributed by atoms with Crippen molar-refractivity contribution in [1.29, 1.82) is 0 Å². The molecule has 0 aliphatic carbocycles. The summed E-state index contributed by atoms with van der Waals surface area (Å²) >= 11 is 10.6. The Morgan fingerprint density at radius 1 is 1.04 bits per heavy atom. The number of hydrazine groups is 1. The summed E-state index contributed by atoms with van der Waals surface area (Å²) in [5.41, 5.74) is 5.35. The van der Waals surface area contributed by atoms with E-state index in [-0.39, 0.29) is 23.0 Å². The Morgan fingerprint density at radius 3 is 2.38 bits per heavy atom. The van der Waals surface area contributed by atoms with Gasteiger partial charge in [0.25, 0.3) is 5.91 Å². The lowest BCUT2D eigenvalue weighted by Gasteiger charge is -2.11. The molecule has 0 bridgehead atoms. The Kier molecular flexibility index (Phi) is 6.22. The lowest BCUT2D eigenvalue weighted by molar-refractivity contribution is -0.121. The fraction of sp³-hybridized carbons (Fsp3) is 0.0625. The standard InChI is InChI=1S/C16H13ClFN3O2S/c17-11-7-5-10(6-8-11)9-14(22)20-21-16(24)19-15(23)12-3-1-2-4-13(12)18/h1-8H,9H2,(H,20,22)(H2,19,21,23,24). The zero-order valence-electron chi connectivity index (χ0n) is 12.3. The maximum atomic E-state index is 13.5. The second-order valence-electron chi connectivity index (χ2n) is 4.74. The van der Waals surface area contributed by atoms with Gasteiger partial charge in [-0.15, -0.1) is 0 Å². The summed E-state index contributed by atoms with van der Waals surface area (Å²) in [4.78, 5) is 23.6. The highest BCUT2D eigenvalue weighted by atomic mass is 35.5. The van der Waals surface area contributed by atoms with Crippen LogP contribution in [0.4, 0.5) is 4.39 Å². The first-order valence-corrected chi connectivity index (χ1v) is 7.63. The van der Waals surface area contributed by atoms with E-state index in [0.29, 0.717) is 5.02 Å². The fourth-order valence-corrected chi connectivity index (χ4v) is 2.08. The molecule has 5 nitrogen and oxygen atoms in total. The second kappa shape index (κ2) is 8.37. The van der Waals surface area contributed by atoms with E-state index < -0.39 is 11.7 Å². The molecule has 0 spiro atoms. The largest absolute Gasteiger partial charge is 0.298 e. The molecule has 2 aromatic carbocycles. The van der Waals surface area contributed by atoms with Crippen LogP contribution in [0.25, 0.3) is 0 Å². The minimum atomic E-state index is -0.711. The van der Waals surface area contributed by atoms with E-state index in [1.54, 1.807) is 24.3 Å². The van der Waals surface area contributed by atoms with Crippen molar-refractivity contribution >= 4 is 40.7 Å². The predicted octanol–water partition coefficient (Wildman–Crippen LogP) is 2.36. The van der Waals surface area contributed by atoms with Gasteiger partial charge in [0.1, 0.15) is 5.82 Å². The first-order chi connectivity index (χ1) is 11.5. The van der Waals surface area contributed by atoms with E-state index in [1.165, 1.54) is 24.3 Å². The van der Waals surface area contributed by atoms with Crippen LogP contribution in [0.2, 0.25) is 5.02 Å². The summed E-state index contributed by atoms with van der Waals surface area (Å²) < 4.78 is 13.5. The summed E-state index contributed by atoms with van der Waals surface area (Å²) in [6.07, 6.45) is 0.105. The molecule has 0 aliphatic rings. The smallest absolute Gasteiger partial charge is 0.260 e. The van der Waals surface area contributed by atoms with Crippen LogP contribution >= 0.6 is 23.8 Å². The van der Waals surface area contributed by atoms with Gasteiger partial charge in [-0.1, -0.05) is 35.9 Å². The van der Waals surface area contributed by atoms with Crippen LogP contribution in [0.15, 0.2) is 48.5 Å². The van der Waals surface area contributed by atoms with E-state index >= 15 is 0 Å². The highest BCUT2D eigenvalue weighted by Gasteiger charge is 2.12. The van der Waals surface area contributed by atoms with Crippen molar-refractivity contribution in [3.8, 4) is 0 Å². The molecule has 0 radical (unpaired) electrons. The van der Waals surface area contributed by atoms with Crippen molar-refractivity contribution in [3.63, 3.8) is 0 Å². The maximum absolute atomic E-state index is 13.5. The Bertz CT molecular complexity index is 768. The van der Waals surface area contributed by atoms with Crippen LogP contribution in [0, 0.1) is 5.82 Å².